The van der Waals surface area contributed by atoms with Crippen LogP contribution >= 0.6 is 0 Å². The summed E-state index contributed by atoms with van der Waals surface area (Å²) in [5, 5.41) is 0. The zero-order valence-electron chi connectivity index (χ0n) is 17.3. The smallest absolute Gasteiger partial charge is 0.302 e. The normalized spacial score (nSPS) is 12.0. The Morgan fingerprint density at radius 2 is 1.93 bits per heavy atom. The first kappa shape index (κ1) is 22.1. The fraction of sp³-hybridized carbons (Fsp3) is 0.500. The minimum Gasteiger partial charge on any atom is -0.463 e. The number of aromatic nitrogens is 1. The maximum Gasteiger partial charge on any atom is 0.302 e. The Labute approximate surface area is 168 Å². The number of hydrogen-bond acceptors (Lipinski definition) is 3. The van der Waals surface area contributed by atoms with Crippen molar-refractivity contribution >= 4 is 5.97 Å². The first-order chi connectivity index (χ1) is 13.5. The molecule has 1 unspecified atom stereocenters. The summed E-state index contributed by atoms with van der Waals surface area (Å²) in [4.78, 5) is 15.4. The van der Waals surface area contributed by atoms with E-state index in [-0.39, 0.29) is 17.9 Å². The SMILES string of the molecule is CCCCCCc1ccc(-c2ccc(CCCC(C)OC(C)=O)cn2)cc1F. The summed E-state index contributed by atoms with van der Waals surface area (Å²) in [7, 11) is 0. The van der Waals surface area contributed by atoms with Crippen LogP contribution in [-0.4, -0.2) is 17.1 Å². The Morgan fingerprint density at radius 3 is 2.57 bits per heavy atom. The van der Waals surface area contributed by atoms with E-state index in [1.807, 2.05) is 37.4 Å². The molecule has 4 heteroatoms. The molecule has 28 heavy (non-hydrogen) atoms. The summed E-state index contributed by atoms with van der Waals surface area (Å²) in [5.41, 5.74) is 3.52. The fourth-order valence-electron chi connectivity index (χ4n) is 3.33. The minimum atomic E-state index is -0.238. The Morgan fingerprint density at radius 1 is 1.11 bits per heavy atom. The van der Waals surface area contributed by atoms with E-state index in [1.165, 1.54) is 19.8 Å². The second kappa shape index (κ2) is 11.6. The molecule has 0 saturated carbocycles. The van der Waals surface area contributed by atoms with Crippen LogP contribution in [0.4, 0.5) is 4.39 Å². The largest absolute Gasteiger partial charge is 0.463 e. The summed E-state index contributed by atoms with van der Waals surface area (Å²) < 4.78 is 19.5. The summed E-state index contributed by atoms with van der Waals surface area (Å²) in [5.74, 6) is -0.378. The maximum atomic E-state index is 14.4. The Balaban J connectivity index is 1.88. The summed E-state index contributed by atoms with van der Waals surface area (Å²) in [6.07, 6.45) is 9.80. The predicted molar refractivity (Wildman–Crippen MR) is 112 cm³/mol. The monoisotopic (exact) mass is 385 g/mol. The zero-order valence-corrected chi connectivity index (χ0v) is 17.3. The van der Waals surface area contributed by atoms with Crippen molar-refractivity contribution in [2.45, 2.75) is 78.2 Å². The summed E-state index contributed by atoms with van der Waals surface area (Å²) >= 11 is 0. The number of carbonyl (C=O) groups excluding carboxylic acids is 1. The highest BCUT2D eigenvalue weighted by atomic mass is 19.1. The first-order valence-corrected chi connectivity index (χ1v) is 10.4. The quantitative estimate of drug-likeness (QED) is 0.337. The van der Waals surface area contributed by atoms with Gasteiger partial charge in [0.1, 0.15) is 5.82 Å². The molecule has 1 aromatic heterocycles. The lowest BCUT2D eigenvalue weighted by atomic mass is 10.0. The molecule has 1 atom stereocenters. The molecular weight excluding hydrogens is 353 g/mol. The molecule has 2 aromatic rings. The highest BCUT2D eigenvalue weighted by Gasteiger charge is 2.08. The molecule has 0 bridgehead atoms. The third kappa shape index (κ3) is 7.41. The second-order valence-corrected chi connectivity index (χ2v) is 7.48. The van der Waals surface area contributed by atoms with Crippen LogP contribution in [0.3, 0.4) is 0 Å². The van der Waals surface area contributed by atoms with Crippen molar-refractivity contribution < 1.29 is 13.9 Å². The van der Waals surface area contributed by atoms with Gasteiger partial charge in [-0.2, -0.15) is 0 Å². The van der Waals surface area contributed by atoms with Crippen LogP contribution in [0.2, 0.25) is 0 Å². The lowest BCUT2D eigenvalue weighted by Gasteiger charge is -2.11. The third-order valence-electron chi connectivity index (χ3n) is 4.92. The van der Waals surface area contributed by atoms with E-state index >= 15 is 0 Å². The molecule has 0 saturated heterocycles. The van der Waals surface area contributed by atoms with Gasteiger partial charge in [0.05, 0.1) is 11.8 Å². The van der Waals surface area contributed by atoms with Gasteiger partial charge in [0, 0.05) is 18.7 Å². The van der Waals surface area contributed by atoms with Crippen molar-refractivity contribution in [1.29, 1.82) is 0 Å². The van der Waals surface area contributed by atoms with Gasteiger partial charge in [0.25, 0.3) is 0 Å². The number of unbranched alkanes of at least 4 members (excludes halogenated alkanes) is 3. The predicted octanol–water partition coefficient (Wildman–Crippen LogP) is 6.28. The van der Waals surface area contributed by atoms with Gasteiger partial charge in [-0.05, 0) is 62.3 Å². The van der Waals surface area contributed by atoms with Gasteiger partial charge in [0.15, 0.2) is 0 Å². The van der Waals surface area contributed by atoms with Gasteiger partial charge in [-0.15, -0.1) is 0 Å². The first-order valence-electron chi connectivity index (χ1n) is 10.4. The van der Waals surface area contributed by atoms with E-state index in [4.69, 9.17) is 4.74 Å². The average molecular weight is 386 g/mol. The Bertz CT molecular complexity index is 743. The highest BCUT2D eigenvalue weighted by molar-refractivity contribution is 5.66. The minimum absolute atomic E-state index is 0.0619. The maximum absolute atomic E-state index is 14.4. The zero-order chi connectivity index (χ0) is 20.4. The van der Waals surface area contributed by atoms with Crippen molar-refractivity contribution in [2.24, 2.45) is 0 Å². The highest BCUT2D eigenvalue weighted by Crippen LogP contribution is 2.22. The number of esters is 1. The lowest BCUT2D eigenvalue weighted by molar-refractivity contribution is -0.145. The van der Waals surface area contributed by atoms with Crippen molar-refractivity contribution in [3.63, 3.8) is 0 Å². The number of rotatable bonds is 11. The van der Waals surface area contributed by atoms with Crippen molar-refractivity contribution in [3.8, 4) is 11.3 Å². The lowest BCUT2D eigenvalue weighted by Crippen LogP contribution is -2.12. The fourth-order valence-corrected chi connectivity index (χ4v) is 3.33. The topological polar surface area (TPSA) is 39.2 Å². The van der Waals surface area contributed by atoms with E-state index in [0.717, 1.165) is 60.9 Å². The molecular formula is C24H32FNO2. The van der Waals surface area contributed by atoms with Gasteiger partial charge in [-0.3, -0.25) is 9.78 Å². The second-order valence-electron chi connectivity index (χ2n) is 7.48. The molecule has 1 heterocycles. The van der Waals surface area contributed by atoms with Crippen LogP contribution in [0, 0.1) is 5.82 Å². The molecule has 0 spiro atoms. The van der Waals surface area contributed by atoms with Crippen LogP contribution in [0.1, 0.15) is 70.4 Å². The number of pyridine rings is 1. The molecule has 3 nitrogen and oxygen atoms in total. The summed E-state index contributed by atoms with van der Waals surface area (Å²) in [6.45, 7) is 5.52. The van der Waals surface area contributed by atoms with Crippen molar-refractivity contribution in [2.75, 3.05) is 0 Å². The van der Waals surface area contributed by atoms with Gasteiger partial charge >= 0.3 is 5.97 Å². The number of halogens is 1. The summed E-state index contributed by atoms with van der Waals surface area (Å²) in [6, 6.07) is 9.43. The van der Waals surface area contributed by atoms with E-state index in [2.05, 4.69) is 11.9 Å². The number of carbonyl (C=O) groups is 1. The van der Waals surface area contributed by atoms with Crippen LogP contribution in [-0.2, 0) is 22.4 Å². The molecule has 0 aliphatic carbocycles. The van der Waals surface area contributed by atoms with E-state index < -0.39 is 0 Å². The number of benzene rings is 1. The molecule has 0 radical (unpaired) electrons. The molecule has 2 rings (SSSR count). The molecule has 0 aliphatic rings. The molecule has 0 aliphatic heterocycles. The van der Waals surface area contributed by atoms with E-state index in [1.54, 1.807) is 6.07 Å². The molecule has 0 N–H and O–H groups in total. The van der Waals surface area contributed by atoms with Crippen LogP contribution < -0.4 is 0 Å². The van der Waals surface area contributed by atoms with Crippen LogP contribution in [0.15, 0.2) is 36.5 Å². The van der Waals surface area contributed by atoms with Gasteiger partial charge in [-0.25, -0.2) is 4.39 Å². The molecule has 152 valence electrons. The number of aryl methyl sites for hydroxylation is 2. The average Bonchev–Trinajstić information content (AvgIpc) is 2.66. The Kier molecular flexibility index (Phi) is 9.12. The van der Waals surface area contributed by atoms with Crippen LogP contribution in [0.5, 0.6) is 0 Å². The van der Waals surface area contributed by atoms with Crippen LogP contribution in [0.25, 0.3) is 11.3 Å². The van der Waals surface area contributed by atoms with E-state index in [0.29, 0.717) is 0 Å². The molecule has 1 aromatic carbocycles. The Hall–Kier alpha value is -2.23. The van der Waals surface area contributed by atoms with Crippen molar-refractivity contribution in [1.82, 2.24) is 4.98 Å². The number of ether oxygens (including phenoxy) is 1. The van der Waals surface area contributed by atoms with Gasteiger partial charge in [-0.1, -0.05) is 44.4 Å². The molecule has 0 fully saturated rings. The number of nitrogens with zero attached hydrogens (tertiary/aromatic N) is 1. The van der Waals surface area contributed by atoms with Gasteiger partial charge in [0.2, 0.25) is 0 Å². The standard InChI is InChI=1S/C24H32FNO2/c1-4-5-6-7-11-21-13-14-22(16-23(21)25)24-15-12-20(17-26-24)10-8-9-18(2)28-19(3)27/h12-18H,4-11H2,1-3H3. The third-order valence-corrected chi connectivity index (χ3v) is 4.92. The van der Waals surface area contributed by atoms with E-state index in [9.17, 15) is 9.18 Å². The van der Waals surface area contributed by atoms with Crippen molar-refractivity contribution in [3.05, 3.63) is 53.5 Å². The van der Waals surface area contributed by atoms with Gasteiger partial charge < -0.3 is 4.74 Å². The molecule has 0 amide bonds. The number of hydrogen-bond donors (Lipinski definition) is 0.